The summed E-state index contributed by atoms with van der Waals surface area (Å²) in [5, 5.41) is 25.3. The zero-order valence-electron chi connectivity index (χ0n) is 18.7. The predicted molar refractivity (Wildman–Crippen MR) is 128 cm³/mol. The molecule has 0 bridgehead atoms. The molecule has 4 rings (SSSR count). The van der Waals surface area contributed by atoms with Crippen molar-refractivity contribution in [3.8, 4) is 22.6 Å². The minimum absolute atomic E-state index is 0.253. The van der Waals surface area contributed by atoms with Crippen LogP contribution in [0.2, 0.25) is 0 Å². The number of phenolic OH excluding ortho intramolecular Hbond substituents is 2. The van der Waals surface area contributed by atoms with Crippen LogP contribution in [0.15, 0.2) is 48.5 Å². The van der Waals surface area contributed by atoms with Gasteiger partial charge in [-0.2, -0.15) is 0 Å². The Bertz CT molecular complexity index is 1180. The number of rotatable bonds is 3. The summed E-state index contributed by atoms with van der Waals surface area (Å²) < 4.78 is 0. The molecule has 0 spiro atoms. The van der Waals surface area contributed by atoms with Crippen LogP contribution in [0, 0.1) is 13.8 Å². The highest BCUT2D eigenvalue weighted by atomic mass is 16.3. The summed E-state index contributed by atoms with van der Waals surface area (Å²) in [5.41, 5.74) is 6.83. The quantitative estimate of drug-likeness (QED) is 0.368. The molecule has 2 heteroatoms. The zero-order chi connectivity index (χ0) is 21.7. The van der Waals surface area contributed by atoms with Gasteiger partial charge >= 0.3 is 0 Å². The van der Waals surface area contributed by atoms with Crippen molar-refractivity contribution in [3.05, 3.63) is 70.8 Å². The SMILES string of the molecule is Cc1cc2c(C(C)C)c(O)ccc2cc1-c1cc2ccc(O)c(C(C)C)c2cc1C. The first-order valence-electron chi connectivity index (χ1n) is 10.7. The van der Waals surface area contributed by atoms with Gasteiger partial charge in [-0.25, -0.2) is 0 Å². The molecular weight excluding hydrogens is 368 g/mol. The minimum atomic E-state index is 0.253. The van der Waals surface area contributed by atoms with E-state index in [1.54, 1.807) is 0 Å². The second kappa shape index (κ2) is 7.36. The molecule has 2 N–H and O–H groups in total. The van der Waals surface area contributed by atoms with Crippen molar-refractivity contribution in [2.75, 3.05) is 0 Å². The van der Waals surface area contributed by atoms with Gasteiger partial charge in [-0.1, -0.05) is 52.0 Å². The number of benzene rings is 4. The fourth-order valence-electron chi connectivity index (χ4n) is 4.78. The lowest BCUT2D eigenvalue weighted by Gasteiger charge is -2.18. The molecule has 30 heavy (non-hydrogen) atoms. The number of aryl methyl sites for hydroxylation is 2. The van der Waals surface area contributed by atoms with E-state index < -0.39 is 0 Å². The molecule has 4 aromatic carbocycles. The first-order valence-corrected chi connectivity index (χ1v) is 10.7. The fourth-order valence-corrected chi connectivity index (χ4v) is 4.78. The Morgan fingerprint density at radius 3 is 1.27 bits per heavy atom. The predicted octanol–water partition coefficient (Wildman–Crippen LogP) is 7.93. The smallest absolute Gasteiger partial charge is 0.119 e. The molecular formula is C28H30O2. The molecule has 2 nitrogen and oxygen atoms in total. The Balaban J connectivity index is 1.98. The van der Waals surface area contributed by atoms with Crippen LogP contribution in [-0.2, 0) is 0 Å². The average molecular weight is 399 g/mol. The Labute approximate surface area is 178 Å². The van der Waals surface area contributed by atoms with Gasteiger partial charge in [0.1, 0.15) is 11.5 Å². The van der Waals surface area contributed by atoms with E-state index in [2.05, 4.69) is 65.8 Å². The Morgan fingerprint density at radius 1 is 0.567 bits per heavy atom. The van der Waals surface area contributed by atoms with Crippen LogP contribution in [0.1, 0.15) is 61.8 Å². The Hall–Kier alpha value is -3.00. The molecule has 0 aliphatic carbocycles. The lowest BCUT2D eigenvalue weighted by atomic mass is 9.87. The van der Waals surface area contributed by atoms with Gasteiger partial charge in [0, 0.05) is 11.1 Å². The highest BCUT2D eigenvalue weighted by molar-refractivity contribution is 5.97. The van der Waals surface area contributed by atoms with Crippen LogP contribution in [-0.4, -0.2) is 10.2 Å². The van der Waals surface area contributed by atoms with Crippen LogP contribution in [0.4, 0.5) is 0 Å². The summed E-state index contributed by atoms with van der Waals surface area (Å²) in [4.78, 5) is 0. The molecule has 0 radical (unpaired) electrons. The van der Waals surface area contributed by atoms with Crippen LogP contribution >= 0.6 is 0 Å². The molecule has 0 amide bonds. The van der Waals surface area contributed by atoms with Crippen molar-refractivity contribution >= 4 is 21.5 Å². The maximum absolute atomic E-state index is 10.4. The molecule has 0 aliphatic heterocycles. The number of phenols is 2. The van der Waals surface area contributed by atoms with Crippen molar-refractivity contribution < 1.29 is 10.2 Å². The third-order valence-electron chi connectivity index (χ3n) is 6.21. The first kappa shape index (κ1) is 20.3. The van der Waals surface area contributed by atoms with Crippen molar-refractivity contribution in [1.82, 2.24) is 0 Å². The largest absolute Gasteiger partial charge is 0.508 e. The number of hydrogen-bond acceptors (Lipinski definition) is 2. The molecule has 154 valence electrons. The monoisotopic (exact) mass is 398 g/mol. The third kappa shape index (κ3) is 3.21. The normalized spacial score (nSPS) is 11.9. The molecule has 0 unspecified atom stereocenters. The van der Waals surface area contributed by atoms with Gasteiger partial charge in [-0.15, -0.1) is 0 Å². The lowest BCUT2D eigenvalue weighted by molar-refractivity contribution is 0.465. The molecule has 4 aromatic rings. The summed E-state index contributed by atoms with van der Waals surface area (Å²) in [7, 11) is 0. The molecule has 0 fully saturated rings. The second-order valence-corrected chi connectivity index (χ2v) is 9.08. The third-order valence-corrected chi connectivity index (χ3v) is 6.21. The molecule has 0 saturated carbocycles. The van der Waals surface area contributed by atoms with Crippen molar-refractivity contribution in [2.24, 2.45) is 0 Å². The van der Waals surface area contributed by atoms with E-state index >= 15 is 0 Å². The second-order valence-electron chi connectivity index (χ2n) is 9.08. The summed E-state index contributed by atoms with van der Waals surface area (Å²) in [6.45, 7) is 12.8. The van der Waals surface area contributed by atoms with Crippen LogP contribution in [0.25, 0.3) is 32.7 Å². The Kier molecular flexibility index (Phi) is 4.97. The van der Waals surface area contributed by atoms with Gasteiger partial charge in [0.2, 0.25) is 0 Å². The summed E-state index contributed by atoms with van der Waals surface area (Å²) in [5.74, 6) is 1.24. The van der Waals surface area contributed by atoms with E-state index in [-0.39, 0.29) is 11.8 Å². The van der Waals surface area contributed by atoms with Gasteiger partial charge in [0.05, 0.1) is 0 Å². The van der Waals surface area contributed by atoms with Crippen LogP contribution in [0.3, 0.4) is 0 Å². The van der Waals surface area contributed by atoms with E-state index in [9.17, 15) is 10.2 Å². The molecule has 0 saturated heterocycles. The molecule has 0 atom stereocenters. The van der Waals surface area contributed by atoms with Crippen molar-refractivity contribution in [3.63, 3.8) is 0 Å². The summed E-state index contributed by atoms with van der Waals surface area (Å²) in [6, 6.07) is 16.5. The van der Waals surface area contributed by atoms with E-state index in [0.717, 1.165) is 32.7 Å². The van der Waals surface area contributed by atoms with Crippen LogP contribution < -0.4 is 0 Å². The first-order chi connectivity index (χ1) is 14.2. The standard InChI is InChI=1S/C28H30O2/c1-15(2)27-23-11-17(5)21(13-19(23)7-9-25(27)29)22-14-20-8-10-26(30)28(16(3)4)24(20)12-18(22)6/h7-16,29-30H,1-6H3. The highest BCUT2D eigenvalue weighted by Crippen LogP contribution is 2.40. The fraction of sp³-hybridized carbons (Fsp3) is 0.286. The maximum Gasteiger partial charge on any atom is 0.119 e. The molecule has 0 aliphatic rings. The van der Waals surface area contributed by atoms with Gasteiger partial charge in [0.15, 0.2) is 0 Å². The Morgan fingerprint density at radius 2 is 0.933 bits per heavy atom. The van der Waals surface area contributed by atoms with Gasteiger partial charge < -0.3 is 10.2 Å². The van der Waals surface area contributed by atoms with E-state index in [4.69, 9.17) is 0 Å². The maximum atomic E-state index is 10.4. The van der Waals surface area contributed by atoms with Gasteiger partial charge in [-0.3, -0.25) is 0 Å². The summed E-state index contributed by atoms with van der Waals surface area (Å²) in [6.07, 6.45) is 0. The average Bonchev–Trinajstić information content (AvgIpc) is 2.66. The topological polar surface area (TPSA) is 40.5 Å². The molecule has 0 aromatic heterocycles. The van der Waals surface area contributed by atoms with Gasteiger partial charge in [-0.05, 0) is 93.7 Å². The number of fused-ring (bicyclic) bond motifs is 2. The molecule has 0 heterocycles. The van der Waals surface area contributed by atoms with Crippen molar-refractivity contribution in [2.45, 2.75) is 53.4 Å². The van der Waals surface area contributed by atoms with Crippen LogP contribution in [0.5, 0.6) is 11.5 Å². The zero-order valence-corrected chi connectivity index (χ0v) is 18.7. The van der Waals surface area contributed by atoms with Crippen molar-refractivity contribution in [1.29, 1.82) is 0 Å². The van der Waals surface area contributed by atoms with Gasteiger partial charge in [0.25, 0.3) is 0 Å². The number of aromatic hydroxyl groups is 2. The van der Waals surface area contributed by atoms with E-state index in [1.165, 1.54) is 22.3 Å². The lowest BCUT2D eigenvalue weighted by Crippen LogP contribution is -1.95. The number of hydrogen-bond donors (Lipinski definition) is 2. The van der Waals surface area contributed by atoms with E-state index in [0.29, 0.717) is 11.5 Å². The summed E-state index contributed by atoms with van der Waals surface area (Å²) >= 11 is 0. The minimum Gasteiger partial charge on any atom is -0.508 e. The van der Waals surface area contributed by atoms with E-state index in [1.807, 2.05) is 24.3 Å². The highest BCUT2D eigenvalue weighted by Gasteiger charge is 2.16.